The van der Waals surface area contributed by atoms with E-state index in [1.165, 1.54) is 12.1 Å². The van der Waals surface area contributed by atoms with Crippen molar-refractivity contribution in [2.75, 3.05) is 30.4 Å². The highest BCUT2D eigenvalue weighted by atomic mass is 35.5. The second kappa shape index (κ2) is 5.96. The van der Waals surface area contributed by atoms with Crippen LogP contribution in [0.15, 0.2) is 24.3 Å². The molecule has 0 spiro atoms. The molecule has 116 valence electrons. The lowest BCUT2D eigenvalue weighted by Gasteiger charge is -2.36. The summed E-state index contributed by atoms with van der Waals surface area (Å²) in [5.74, 6) is 1.05. The molecule has 2 aromatic rings. The van der Waals surface area contributed by atoms with Crippen molar-refractivity contribution in [2.24, 2.45) is 0 Å². The average Bonchev–Trinajstić information content (AvgIpc) is 2.53. The van der Waals surface area contributed by atoms with E-state index in [-0.39, 0.29) is 11.9 Å². The van der Waals surface area contributed by atoms with Crippen LogP contribution in [-0.2, 0) is 0 Å². The second-order valence-electron chi connectivity index (χ2n) is 5.08. The van der Waals surface area contributed by atoms with Crippen molar-refractivity contribution in [2.45, 2.75) is 13.0 Å². The van der Waals surface area contributed by atoms with Crippen molar-refractivity contribution in [3.8, 4) is 5.75 Å². The van der Waals surface area contributed by atoms with Crippen molar-refractivity contribution >= 4 is 23.1 Å². The molecule has 0 saturated carbocycles. The topological polar surface area (TPSA) is 50.3 Å². The quantitative estimate of drug-likeness (QED) is 0.940. The Bertz CT molecular complexity index is 697. The molecule has 0 amide bonds. The van der Waals surface area contributed by atoms with Crippen LogP contribution in [0.1, 0.15) is 18.5 Å². The van der Waals surface area contributed by atoms with Gasteiger partial charge in [-0.3, -0.25) is 0 Å². The van der Waals surface area contributed by atoms with Gasteiger partial charge in [0.05, 0.1) is 18.8 Å². The van der Waals surface area contributed by atoms with Crippen molar-refractivity contribution in [3.05, 3.63) is 40.8 Å². The van der Waals surface area contributed by atoms with Gasteiger partial charge in [-0.2, -0.15) is 0 Å². The Morgan fingerprint density at radius 2 is 2.18 bits per heavy atom. The summed E-state index contributed by atoms with van der Waals surface area (Å²) in [6.45, 7) is 3.47. The molecule has 3 rings (SSSR count). The van der Waals surface area contributed by atoms with E-state index in [2.05, 4.69) is 20.4 Å². The summed E-state index contributed by atoms with van der Waals surface area (Å²) in [4.78, 5) is 2.11. The molecule has 1 aromatic carbocycles. The van der Waals surface area contributed by atoms with Gasteiger partial charge in [0.15, 0.2) is 11.0 Å². The van der Waals surface area contributed by atoms with Crippen LogP contribution >= 0.6 is 11.6 Å². The fourth-order valence-electron chi connectivity index (χ4n) is 2.72. The van der Waals surface area contributed by atoms with E-state index in [0.29, 0.717) is 16.7 Å². The fraction of sp³-hybridized carbons (Fsp3) is 0.333. The minimum atomic E-state index is -0.288. The lowest BCUT2D eigenvalue weighted by atomic mass is 10.0. The Morgan fingerprint density at radius 3 is 2.95 bits per heavy atom. The molecule has 0 saturated heterocycles. The Balaban J connectivity index is 2.02. The molecule has 0 aliphatic carbocycles. The van der Waals surface area contributed by atoms with E-state index < -0.39 is 0 Å². The zero-order chi connectivity index (χ0) is 15.7. The fourth-order valence-corrected chi connectivity index (χ4v) is 2.86. The second-order valence-corrected chi connectivity index (χ2v) is 5.47. The van der Waals surface area contributed by atoms with Crippen molar-refractivity contribution < 1.29 is 9.13 Å². The van der Waals surface area contributed by atoms with Gasteiger partial charge in [-0.05, 0) is 25.1 Å². The number of benzene rings is 1. The summed E-state index contributed by atoms with van der Waals surface area (Å²) in [5.41, 5.74) is 1.63. The highest BCUT2D eigenvalue weighted by molar-refractivity contribution is 6.29. The molecule has 1 N–H and O–H groups in total. The lowest BCUT2D eigenvalue weighted by molar-refractivity contribution is 0.404. The zero-order valence-corrected chi connectivity index (χ0v) is 13.1. The summed E-state index contributed by atoms with van der Waals surface area (Å²) < 4.78 is 19.0. The molecular weight excluding hydrogens is 307 g/mol. The first-order valence-corrected chi connectivity index (χ1v) is 7.35. The summed E-state index contributed by atoms with van der Waals surface area (Å²) in [6.07, 6.45) is 0. The van der Waals surface area contributed by atoms with Crippen molar-refractivity contribution in [1.29, 1.82) is 0 Å². The van der Waals surface area contributed by atoms with Gasteiger partial charge in [-0.25, -0.2) is 4.39 Å². The number of nitrogens with one attached hydrogen (secondary N) is 1. The summed E-state index contributed by atoms with van der Waals surface area (Å²) in [5, 5.41) is 11.4. The molecule has 1 aliphatic rings. The van der Waals surface area contributed by atoms with Crippen LogP contribution < -0.4 is 15.0 Å². The van der Waals surface area contributed by atoms with Gasteiger partial charge in [-0.15, -0.1) is 10.2 Å². The van der Waals surface area contributed by atoms with Gasteiger partial charge in [0.1, 0.15) is 11.6 Å². The lowest BCUT2D eigenvalue weighted by Crippen LogP contribution is -2.36. The maximum absolute atomic E-state index is 13.6. The molecule has 5 nitrogen and oxygen atoms in total. The summed E-state index contributed by atoms with van der Waals surface area (Å²) in [7, 11) is 1.58. The van der Waals surface area contributed by atoms with E-state index in [1.807, 2.05) is 6.92 Å². The number of aromatic nitrogens is 2. The van der Waals surface area contributed by atoms with Crippen LogP contribution in [0.3, 0.4) is 0 Å². The first-order valence-electron chi connectivity index (χ1n) is 6.97. The number of methoxy groups -OCH3 is 1. The van der Waals surface area contributed by atoms with E-state index >= 15 is 0 Å². The number of hydrogen-bond donors (Lipinski definition) is 1. The van der Waals surface area contributed by atoms with Gasteiger partial charge >= 0.3 is 0 Å². The maximum atomic E-state index is 13.6. The van der Waals surface area contributed by atoms with E-state index in [0.717, 1.165) is 24.3 Å². The highest BCUT2D eigenvalue weighted by Crippen LogP contribution is 2.37. The molecule has 1 unspecified atom stereocenters. The van der Waals surface area contributed by atoms with E-state index in [9.17, 15) is 4.39 Å². The largest absolute Gasteiger partial charge is 0.496 e. The van der Waals surface area contributed by atoms with E-state index in [1.54, 1.807) is 19.2 Å². The molecule has 22 heavy (non-hydrogen) atoms. The minimum absolute atomic E-state index is 0.0910. The Hall–Kier alpha value is -2.08. The number of hydrogen-bond acceptors (Lipinski definition) is 5. The number of halogens is 2. The number of ether oxygens (including phenoxy) is 1. The molecule has 0 fully saturated rings. The third-order valence-corrected chi connectivity index (χ3v) is 3.99. The Labute approximate surface area is 133 Å². The van der Waals surface area contributed by atoms with Gasteiger partial charge < -0.3 is 15.0 Å². The average molecular weight is 323 g/mol. The highest BCUT2D eigenvalue weighted by Gasteiger charge is 2.26. The normalized spacial score (nSPS) is 15.0. The molecular formula is C15H16ClFN4O. The zero-order valence-electron chi connectivity index (χ0n) is 12.3. The SMILES string of the molecule is COc1ccc(F)cc1C(C)N1CCNc2nnc(Cl)cc21. The van der Waals surface area contributed by atoms with Crippen LogP contribution in [-0.4, -0.2) is 30.4 Å². The standard InChI is InChI=1S/C15H16ClFN4O/c1-9(11-7-10(17)3-4-13(11)22-2)21-6-5-18-15-12(21)8-14(16)19-20-15/h3-4,7-9H,5-6H2,1-2H3,(H,18,20). The summed E-state index contributed by atoms with van der Waals surface area (Å²) in [6, 6.07) is 6.21. The third kappa shape index (κ3) is 2.66. The molecule has 1 aromatic heterocycles. The van der Waals surface area contributed by atoms with Crippen LogP contribution in [0.4, 0.5) is 15.9 Å². The first kappa shape index (κ1) is 14.8. The number of nitrogens with zero attached hydrogens (tertiary/aromatic N) is 3. The number of anilines is 2. The van der Waals surface area contributed by atoms with Gasteiger partial charge in [0.25, 0.3) is 0 Å². The molecule has 2 heterocycles. The maximum Gasteiger partial charge on any atom is 0.172 e. The summed E-state index contributed by atoms with van der Waals surface area (Å²) >= 11 is 5.96. The van der Waals surface area contributed by atoms with Crippen LogP contribution in [0.25, 0.3) is 0 Å². The molecule has 1 aliphatic heterocycles. The molecule has 7 heteroatoms. The van der Waals surface area contributed by atoms with Crippen molar-refractivity contribution in [3.63, 3.8) is 0 Å². The first-order chi connectivity index (χ1) is 10.6. The monoisotopic (exact) mass is 322 g/mol. The number of fused-ring (bicyclic) bond motifs is 1. The van der Waals surface area contributed by atoms with Gasteiger partial charge in [-0.1, -0.05) is 11.6 Å². The number of rotatable bonds is 3. The van der Waals surface area contributed by atoms with Gasteiger partial charge in [0, 0.05) is 24.7 Å². The Morgan fingerprint density at radius 1 is 1.36 bits per heavy atom. The minimum Gasteiger partial charge on any atom is -0.496 e. The van der Waals surface area contributed by atoms with Gasteiger partial charge in [0.2, 0.25) is 0 Å². The van der Waals surface area contributed by atoms with Crippen LogP contribution in [0.5, 0.6) is 5.75 Å². The Kier molecular flexibility index (Phi) is 4.02. The van der Waals surface area contributed by atoms with Crippen LogP contribution in [0, 0.1) is 5.82 Å². The third-order valence-electron chi connectivity index (χ3n) is 3.81. The van der Waals surface area contributed by atoms with E-state index in [4.69, 9.17) is 16.3 Å². The smallest absolute Gasteiger partial charge is 0.172 e. The molecule has 1 atom stereocenters. The molecule has 0 bridgehead atoms. The van der Waals surface area contributed by atoms with Crippen LogP contribution in [0.2, 0.25) is 5.15 Å². The molecule has 0 radical (unpaired) electrons. The predicted octanol–water partition coefficient (Wildman–Crippen LogP) is 3.27. The predicted molar refractivity (Wildman–Crippen MR) is 84.2 cm³/mol. The van der Waals surface area contributed by atoms with Crippen molar-refractivity contribution in [1.82, 2.24) is 10.2 Å².